The number of pyridine rings is 1. The summed E-state index contributed by atoms with van der Waals surface area (Å²) in [7, 11) is 1.73. The lowest BCUT2D eigenvalue weighted by atomic mass is 10.1. The van der Waals surface area contributed by atoms with Gasteiger partial charge in [-0.3, -0.25) is 4.79 Å². The molecule has 1 aromatic heterocycles. The van der Waals surface area contributed by atoms with Gasteiger partial charge in [-0.2, -0.15) is 0 Å². The third kappa shape index (κ3) is 3.71. The van der Waals surface area contributed by atoms with Gasteiger partial charge in [-0.05, 0) is 24.6 Å². The number of benzene rings is 1. The van der Waals surface area contributed by atoms with Gasteiger partial charge in [0.25, 0.3) is 5.91 Å². The second kappa shape index (κ2) is 6.39. The Morgan fingerprint density at radius 2 is 2.10 bits per heavy atom. The summed E-state index contributed by atoms with van der Waals surface area (Å²) >= 11 is 5.88. The highest BCUT2D eigenvalue weighted by molar-refractivity contribution is 6.29. The number of carbonyl (C=O) groups excluding carboxylic acids is 1. The van der Waals surface area contributed by atoms with E-state index in [1.807, 2.05) is 31.2 Å². The summed E-state index contributed by atoms with van der Waals surface area (Å²) in [5.41, 5.74) is 2.72. The molecule has 1 heterocycles. The van der Waals surface area contributed by atoms with Gasteiger partial charge in [-0.1, -0.05) is 41.4 Å². The number of anilines is 1. The van der Waals surface area contributed by atoms with Gasteiger partial charge in [0, 0.05) is 19.2 Å². The van der Waals surface area contributed by atoms with E-state index in [1.54, 1.807) is 19.2 Å². The molecule has 1 aromatic carbocycles. The fraction of sp³-hybridized carbons (Fsp3) is 0.200. The minimum Gasteiger partial charge on any atom is -0.373 e. The van der Waals surface area contributed by atoms with E-state index in [4.69, 9.17) is 11.6 Å². The van der Waals surface area contributed by atoms with Crippen LogP contribution >= 0.6 is 11.6 Å². The average Bonchev–Trinajstić information content (AvgIpc) is 2.44. The minimum atomic E-state index is -0.174. The van der Waals surface area contributed by atoms with Crippen molar-refractivity contribution in [1.82, 2.24) is 10.3 Å². The van der Waals surface area contributed by atoms with Gasteiger partial charge in [-0.25, -0.2) is 4.98 Å². The first-order valence-electron chi connectivity index (χ1n) is 6.27. The molecule has 5 heteroatoms. The van der Waals surface area contributed by atoms with Crippen LogP contribution in [0.25, 0.3) is 0 Å². The van der Waals surface area contributed by atoms with E-state index >= 15 is 0 Å². The Hall–Kier alpha value is -2.07. The molecule has 2 rings (SSSR count). The van der Waals surface area contributed by atoms with Crippen LogP contribution in [0, 0.1) is 6.92 Å². The standard InChI is InChI=1S/C15H16ClN3O/c1-10-4-3-5-11(6-10)9-18-15(20)12-7-13(16)19-14(8-12)17-2/h3-8H,9H2,1-2H3,(H,17,19)(H,18,20). The summed E-state index contributed by atoms with van der Waals surface area (Å²) in [5, 5.41) is 6.03. The van der Waals surface area contributed by atoms with E-state index in [0.717, 1.165) is 5.56 Å². The molecule has 0 spiro atoms. The number of aryl methyl sites for hydroxylation is 1. The molecule has 2 N–H and O–H groups in total. The first kappa shape index (κ1) is 14.3. The molecule has 0 radical (unpaired) electrons. The van der Waals surface area contributed by atoms with Crippen LogP contribution in [0.4, 0.5) is 5.82 Å². The van der Waals surface area contributed by atoms with Crippen molar-refractivity contribution in [3.8, 4) is 0 Å². The molecule has 104 valence electrons. The summed E-state index contributed by atoms with van der Waals surface area (Å²) in [6.07, 6.45) is 0. The number of carbonyl (C=O) groups is 1. The van der Waals surface area contributed by atoms with Crippen LogP contribution in [0.15, 0.2) is 36.4 Å². The molecule has 4 nitrogen and oxygen atoms in total. The van der Waals surface area contributed by atoms with Crippen molar-refractivity contribution in [2.45, 2.75) is 13.5 Å². The predicted octanol–water partition coefficient (Wildman–Crippen LogP) is 3.02. The molecule has 20 heavy (non-hydrogen) atoms. The lowest BCUT2D eigenvalue weighted by Gasteiger charge is -2.08. The van der Waals surface area contributed by atoms with Crippen molar-refractivity contribution >= 4 is 23.3 Å². The fourth-order valence-corrected chi connectivity index (χ4v) is 2.07. The Labute approximate surface area is 123 Å². The molecule has 0 fully saturated rings. The lowest BCUT2D eigenvalue weighted by Crippen LogP contribution is -2.23. The number of hydrogen-bond acceptors (Lipinski definition) is 3. The zero-order valence-corrected chi connectivity index (χ0v) is 12.2. The normalized spacial score (nSPS) is 10.2. The van der Waals surface area contributed by atoms with Crippen molar-refractivity contribution in [1.29, 1.82) is 0 Å². The number of aromatic nitrogens is 1. The summed E-state index contributed by atoms with van der Waals surface area (Å²) in [4.78, 5) is 16.1. The van der Waals surface area contributed by atoms with Crippen molar-refractivity contribution in [2.24, 2.45) is 0 Å². The number of nitrogens with zero attached hydrogens (tertiary/aromatic N) is 1. The first-order chi connectivity index (χ1) is 9.58. The quantitative estimate of drug-likeness (QED) is 0.851. The molecule has 0 atom stereocenters. The zero-order valence-electron chi connectivity index (χ0n) is 11.4. The van der Waals surface area contributed by atoms with Gasteiger partial charge in [-0.15, -0.1) is 0 Å². The van der Waals surface area contributed by atoms with Crippen molar-refractivity contribution in [3.05, 3.63) is 58.2 Å². The Bertz CT molecular complexity index is 628. The summed E-state index contributed by atoms with van der Waals surface area (Å²) in [6.45, 7) is 2.50. The Morgan fingerprint density at radius 1 is 1.30 bits per heavy atom. The summed E-state index contributed by atoms with van der Waals surface area (Å²) in [5.74, 6) is 0.394. The van der Waals surface area contributed by atoms with Gasteiger partial charge in [0.1, 0.15) is 11.0 Å². The highest BCUT2D eigenvalue weighted by Crippen LogP contribution is 2.14. The zero-order chi connectivity index (χ0) is 14.5. The molecule has 0 aliphatic heterocycles. The Balaban J connectivity index is 2.07. The second-order valence-corrected chi connectivity index (χ2v) is 4.87. The van der Waals surface area contributed by atoms with Gasteiger partial charge in [0.05, 0.1) is 0 Å². The van der Waals surface area contributed by atoms with Crippen molar-refractivity contribution < 1.29 is 4.79 Å². The lowest BCUT2D eigenvalue weighted by molar-refractivity contribution is 0.0951. The molecule has 1 amide bonds. The number of hydrogen-bond donors (Lipinski definition) is 2. The van der Waals surface area contributed by atoms with Gasteiger partial charge >= 0.3 is 0 Å². The monoisotopic (exact) mass is 289 g/mol. The molecular formula is C15H16ClN3O. The highest BCUT2D eigenvalue weighted by Gasteiger charge is 2.08. The van der Waals surface area contributed by atoms with Crippen LogP contribution in [0.5, 0.6) is 0 Å². The minimum absolute atomic E-state index is 0.174. The predicted molar refractivity (Wildman–Crippen MR) is 81.1 cm³/mol. The van der Waals surface area contributed by atoms with Crippen LogP contribution in [0.2, 0.25) is 5.15 Å². The van der Waals surface area contributed by atoms with Gasteiger partial charge in [0.15, 0.2) is 0 Å². The third-order valence-electron chi connectivity index (χ3n) is 2.85. The Kier molecular flexibility index (Phi) is 4.58. The SMILES string of the molecule is CNc1cc(C(=O)NCc2cccc(C)c2)cc(Cl)n1. The van der Waals surface area contributed by atoms with E-state index in [9.17, 15) is 4.79 Å². The summed E-state index contributed by atoms with van der Waals surface area (Å²) in [6, 6.07) is 11.2. The summed E-state index contributed by atoms with van der Waals surface area (Å²) < 4.78 is 0. The largest absolute Gasteiger partial charge is 0.373 e. The molecule has 0 aliphatic carbocycles. The van der Waals surface area contributed by atoms with Crippen molar-refractivity contribution in [3.63, 3.8) is 0 Å². The number of rotatable bonds is 4. The van der Waals surface area contributed by atoms with E-state index < -0.39 is 0 Å². The molecule has 0 unspecified atom stereocenters. The van der Waals surface area contributed by atoms with E-state index in [2.05, 4.69) is 15.6 Å². The average molecular weight is 290 g/mol. The molecule has 2 aromatic rings. The number of halogens is 1. The van der Waals surface area contributed by atoms with Crippen LogP contribution < -0.4 is 10.6 Å². The van der Waals surface area contributed by atoms with E-state index in [-0.39, 0.29) is 11.1 Å². The van der Waals surface area contributed by atoms with Gasteiger partial charge < -0.3 is 10.6 Å². The van der Waals surface area contributed by atoms with Crippen LogP contribution in [-0.2, 0) is 6.54 Å². The smallest absolute Gasteiger partial charge is 0.251 e. The van der Waals surface area contributed by atoms with Gasteiger partial charge in [0.2, 0.25) is 0 Å². The van der Waals surface area contributed by atoms with Crippen molar-refractivity contribution in [2.75, 3.05) is 12.4 Å². The first-order valence-corrected chi connectivity index (χ1v) is 6.65. The molecular weight excluding hydrogens is 274 g/mol. The number of amides is 1. The molecule has 0 saturated heterocycles. The highest BCUT2D eigenvalue weighted by atomic mass is 35.5. The topological polar surface area (TPSA) is 54.0 Å². The maximum Gasteiger partial charge on any atom is 0.251 e. The Morgan fingerprint density at radius 3 is 2.80 bits per heavy atom. The van der Waals surface area contributed by atoms with Crippen LogP contribution in [-0.4, -0.2) is 17.9 Å². The van der Waals surface area contributed by atoms with Crippen LogP contribution in [0.3, 0.4) is 0 Å². The molecule has 0 aliphatic rings. The molecule has 0 bridgehead atoms. The third-order valence-corrected chi connectivity index (χ3v) is 3.04. The van der Waals surface area contributed by atoms with Crippen LogP contribution in [0.1, 0.15) is 21.5 Å². The maximum atomic E-state index is 12.1. The number of nitrogens with one attached hydrogen (secondary N) is 2. The fourth-order valence-electron chi connectivity index (χ4n) is 1.86. The molecule has 0 saturated carbocycles. The van der Waals surface area contributed by atoms with E-state index in [1.165, 1.54) is 5.56 Å². The maximum absolute atomic E-state index is 12.1. The second-order valence-electron chi connectivity index (χ2n) is 4.49. The van der Waals surface area contributed by atoms with E-state index in [0.29, 0.717) is 17.9 Å².